The third kappa shape index (κ3) is 3.27. The molecule has 0 saturated heterocycles. The van der Waals surface area contributed by atoms with Crippen LogP contribution in [-0.2, 0) is 14.8 Å². The second-order valence-corrected chi connectivity index (χ2v) is 5.82. The van der Waals surface area contributed by atoms with Gasteiger partial charge in [-0.3, -0.25) is 4.79 Å². The second kappa shape index (κ2) is 5.22. The Labute approximate surface area is 109 Å². The van der Waals surface area contributed by atoms with E-state index in [4.69, 9.17) is 5.11 Å². The Hall–Kier alpha value is -1.54. The quantitative estimate of drug-likeness (QED) is 0.861. The number of benzene rings is 1. The van der Waals surface area contributed by atoms with Crippen LogP contribution in [0.25, 0.3) is 0 Å². The fourth-order valence-electron chi connectivity index (χ4n) is 1.30. The Morgan fingerprint density at radius 1 is 1.42 bits per heavy atom. The third-order valence-corrected chi connectivity index (χ3v) is 4.33. The van der Waals surface area contributed by atoms with Gasteiger partial charge < -0.3 is 5.11 Å². The molecule has 1 atom stereocenters. The molecular formula is C11H13F2NO4S. The van der Waals surface area contributed by atoms with Gasteiger partial charge in [0.1, 0.15) is 22.1 Å². The maximum Gasteiger partial charge on any atom is 0.324 e. The monoisotopic (exact) mass is 293 g/mol. The minimum Gasteiger partial charge on any atom is -0.480 e. The minimum atomic E-state index is -4.47. The van der Waals surface area contributed by atoms with E-state index in [1.807, 2.05) is 4.72 Å². The lowest BCUT2D eigenvalue weighted by Gasteiger charge is -2.24. The summed E-state index contributed by atoms with van der Waals surface area (Å²) in [5.41, 5.74) is -1.79. The highest BCUT2D eigenvalue weighted by Crippen LogP contribution is 2.19. The lowest BCUT2D eigenvalue weighted by atomic mass is 10.0. The van der Waals surface area contributed by atoms with E-state index in [1.54, 1.807) is 0 Å². The minimum absolute atomic E-state index is 0.0570. The van der Waals surface area contributed by atoms with Crippen molar-refractivity contribution in [3.05, 3.63) is 29.8 Å². The number of carboxylic acids is 1. The van der Waals surface area contributed by atoms with E-state index in [1.165, 1.54) is 6.92 Å². The van der Waals surface area contributed by atoms with Gasteiger partial charge in [-0.15, -0.1) is 0 Å². The van der Waals surface area contributed by atoms with Crippen molar-refractivity contribution >= 4 is 16.0 Å². The molecule has 0 heterocycles. The molecule has 1 rings (SSSR count). The van der Waals surface area contributed by atoms with Gasteiger partial charge >= 0.3 is 5.97 Å². The number of hydrogen-bond donors (Lipinski definition) is 2. The number of aliphatic carboxylic acids is 1. The molecule has 2 N–H and O–H groups in total. The summed E-state index contributed by atoms with van der Waals surface area (Å²) in [6, 6.07) is 1.92. The van der Waals surface area contributed by atoms with Crippen LogP contribution in [-0.4, -0.2) is 25.0 Å². The molecule has 1 aromatic rings. The van der Waals surface area contributed by atoms with E-state index in [9.17, 15) is 22.0 Å². The molecule has 0 bridgehead atoms. The Kier molecular flexibility index (Phi) is 4.26. The molecule has 5 nitrogen and oxygen atoms in total. The summed E-state index contributed by atoms with van der Waals surface area (Å²) in [6.45, 7) is 2.60. The standard InChI is InChI=1S/C11H13F2NO4S/c1-3-11(2,10(15)16)14-19(17,18)9-6-7(12)4-5-8(9)13/h4-6,14H,3H2,1-2H3,(H,15,16). The maximum atomic E-state index is 13.4. The molecule has 1 unspecified atom stereocenters. The summed E-state index contributed by atoms with van der Waals surface area (Å²) in [6.07, 6.45) is -0.0570. The van der Waals surface area contributed by atoms with Crippen LogP contribution in [0.3, 0.4) is 0 Å². The smallest absolute Gasteiger partial charge is 0.324 e. The van der Waals surface area contributed by atoms with Gasteiger partial charge in [0.25, 0.3) is 0 Å². The van der Waals surface area contributed by atoms with Crippen LogP contribution in [0, 0.1) is 11.6 Å². The largest absolute Gasteiger partial charge is 0.480 e. The van der Waals surface area contributed by atoms with Gasteiger partial charge in [0, 0.05) is 0 Å². The number of carbonyl (C=O) groups is 1. The molecule has 0 amide bonds. The SMILES string of the molecule is CCC(C)(NS(=O)(=O)c1cc(F)ccc1F)C(=O)O. The van der Waals surface area contributed by atoms with E-state index in [2.05, 4.69) is 0 Å². The van der Waals surface area contributed by atoms with Crippen molar-refractivity contribution in [1.82, 2.24) is 4.72 Å². The first-order valence-electron chi connectivity index (χ1n) is 5.35. The summed E-state index contributed by atoms with van der Waals surface area (Å²) < 4.78 is 52.1. The average molecular weight is 293 g/mol. The first-order valence-corrected chi connectivity index (χ1v) is 6.83. The zero-order chi connectivity index (χ0) is 14.8. The highest BCUT2D eigenvalue weighted by Gasteiger charge is 2.37. The summed E-state index contributed by atoms with van der Waals surface area (Å²) in [7, 11) is -4.47. The van der Waals surface area contributed by atoms with Gasteiger partial charge in [-0.1, -0.05) is 6.92 Å². The molecule has 8 heteroatoms. The Morgan fingerprint density at radius 3 is 2.47 bits per heavy atom. The second-order valence-electron chi connectivity index (χ2n) is 4.17. The van der Waals surface area contributed by atoms with Crippen LogP contribution >= 0.6 is 0 Å². The normalized spacial score (nSPS) is 14.9. The van der Waals surface area contributed by atoms with Gasteiger partial charge in [0.05, 0.1) is 0 Å². The van der Waals surface area contributed by atoms with Crippen LogP contribution in [0.5, 0.6) is 0 Å². The molecule has 0 aromatic heterocycles. The van der Waals surface area contributed by atoms with E-state index in [0.29, 0.717) is 12.1 Å². The predicted molar refractivity (Wildman–Crippen MR) is 63.0 cm³/mol. The van der Waals surface area contributed by atoms with Gasteiger partial charge in [0.2, 0.25) is 10.0 Å². The first kappa shape index (κ1) is 15.5. The topological polar surface area (TPSA) is 83.5 Å². The van der Waals surface area contributed by atoms with Crippen molar-refractivity contribution < 1.29 is 27.1 Å². The molecule has 0 saturated carbocycles. The van der Waals surface area contributed by atoms with Crippen molar-refractivity contribution in [3.63, 3.8) is 0 Å². The highest BCUT2D eigenvalue weighted by molar-refractivity contribution is 7.89. The molecule has 0 spiro atoms. The fourth-order valence-corrected chi connectivity index (χ4v) is 2.83. The maximum absolute atomic E-state index is 13.4. The number of carboxylic acid groups (broad SMARTS) is 1. The Morgan fingerprint density at radius 2 is 2.00 bits per heavy atom. The molecule has 0 aliphatic carbocycles. The molecule has 19 heavy (non-hydrogen) atoms. The number of nitrogens with one attached hydrogen (secondary N) is 1. The molecule has 1 aromatic carbocycles. The number of halogens is 2. The van der Waals surface area contributed by atoms with Crippen LogP contribution in [0.4, 0.5) is 8.78 Å². The van der Waals surface area contributed by atoms with E-state index in [0.717, 1.165) is 13.0 Å². The van der Waals surface area contributed by atoms with Crippen LogP contribution in [0.15, 0.2) is 23.1 Å². The van der Waals surface area contributed by atoms with Gasteiger partial charge in [-0.2, -0.15) is 4.72 Å². The molecule has 0 fully saturated rings. The molecule has 0 aliphatic rings. The van der Waals surface area contributed by atoms with Crippen molar-refractivity contribution in [2.24, 2.45) is 0 Å². The van der Waals surface area contributed by atoms with Gasteiger partial charge in [-0.05, 0) is 31.5 Å². The third-order valence-electron chi connectivity index (χ3n) is 2.72. The van der Waals surface area contributed by atoms with Crippen molar-refractivity contribution in [3.8, 4) is 0 Å². The van der Waals surface area contributed by atoms with Crippen LogP contribution < -0.4 is 4.72 Å². The molecular weight excluding hydrogens is 280 g/mol. The van der Waals surface area contributed by atoms with Gasteiger partial charge in [0.15, 0.2) is 0 Å². The van der Waals surface area contributed by atoms with Crippen molar-refractivity contribution in [1.29, 1.82) is 0 Å². The Balaban J connectivity index is 3.26. The average Bonchev–Trinajstić information content (AvgIpc) is 2.31. The lowest BCUT2D eigenvalue weighted by Crippen LogP contribution is -2.51. The molecule has 0 radical (unpaired) electrons. The molecule has 0 aliphatic heterocycles. The zero-order valence-corrected chi connectivity index (χ0v) is 11.1. The highest BCUT2D eigenvalue weighted by atomic mass is 32.2. The first-order chi connectivity index (χ1) is 8.62. The van der Waals surface area contributed by atoms with E-state index in [-0.39, 0.29) is 6.42 Å². The number of rotatable bonds is 5. The zero-order valence-electron chi connectivity index (χ0n) is 10.3. The summed E-state index contributed by atoms with van der Waals surface area (Å²) >= 11 is 0. The van der Waals surface area contributed by atoms with E-state index < -0.39 is 38.1 Å². The van der Waals surface area contributed by atoms with Crippen LogP contribution in [0.2, 0.25) is 0 Å². The number of sulfonamides is 1. The van der Waals surface area contributed by atoms with E-state index >= 15 is 0 Å². The molecule has 106 valence electrons. The summed E-state index contributed by atoms with van der Waals surface area (Å²) in [5, 5.41) is 8.97. The lowest BCUT2D eigenvalue weighted by molar-refractivity contribution is -0.143. The number of hydrogen-bond acceptors (Lipinski definition) is 3. The summed E-state index contributed by atoms with van der Waals surface area (Å²) in [4.78, 5) is 10.1. The predicted octanol–water partition coefficient (Wildman–Crippen LogP) is 1.50. The fraction of sp³-hybridized carbons (Fsp3) is 0.364. The van der Waals surface area contributed by atoms with Crippen LogP contribution in [0.1, 0.15) is 20.3 Å². The van der Waals surface area contributed by atoms with Crippen molar-refractivity contribution in [2.45, 2.75) is 30.7 Å². The Bertz CT molecular complexity index is 603. The summed E-state index contributed by atoms with van der Waals surface area (Å²) in [5.74, 6) is -3.50. The van der Waals surface area contributed by atoms with Gasteiger partial charge in [-0.25, -0.2) is 17.2 Å². The van der Waals surface area contributed by atoms with Crippen molar-refractivity contribution in [2.75, 3.05) is 0 Å².